The molecule has 1 fully saturated rings. The molecule has 0 spiro atoms. The van der Waals surface area contributed by atoms with E-state index >= 15 is 0 Å². The van der Waals surface area contributed by atoms with Crippen LogP contribution in [0.15, 0.2) is 0 Å². The fourth-order valence-electron chi connectivity index (χ4n) is 2.12. The van der Waals surface area contributed by atoms with Gasteiger partial charge in [-0.3, -0.25) is 5.41 Å². The highest BCUT2D eigenvalue weighted by molar-refractivity contribution is 5.76. The van der Waals surface area contributed by atoms with Gasteiger partial charge in [-0.1, -0.05) is 13.8 Å². The Kier molecular flexibility index (Phi) is 4.39. The number of amidine groups is 1. The summed E-state index contributed by atoms with van der Waals surface area (Å²) in [6.45, 7) is 7.98. The number of piperidine rings is 1. The molecular weight excluding hydrogens is 174 g/mol. The Morgan fingerprint density at radius 3 is 2.43 bits per heavy atom. The van der Waals surface area contributed by atoms with Gasteiger partial charge in [-0.2, -0.15) is 0 Å². The molecule has 0 aromatic rings. The number of nitrogens with two attached hydrogens (primary N) is 1. The van der Waals surface area contributed by atoms with Crippen LogP contribution in [-0.2, 0) is 0 Å². The highest BCUT2D eigenvalue weighted by Crippen LogP contribution is 2.24. The van der Waals surface area contributed by atoms with Crippen molar-refractivity contribution >= 4 is 5.84 Å². The molecule has 1 rings (SSSR count). The molecule has 82 valence electrons. The van der Waals surface area contributed by atoms with Crippen LogP contribution in [0.4, 0.5) is 0 Å². The van der Waals surface area contributed by atoms with Gasteiger partial charge < -0.3 is 10.6 Å². The molecule has 3 heteroatoms. The zero-order valence-electron chi connectivity index (χ0n) is 9.42. The normalized spacial score (nSPS) is 20.2. The van der Waals surface area contributed by atoms with Crippen LogP contribution in [0.1, 0.15) is 33.1 Å². The monoisotopic (exact) mass is 197 g/mol. The van der Waals surface area contributed by atoms with Crippen LogP contribution < -0.4 is 5.73 Å². The van der Waals surface area contributed by atoms with Crippen molar-refractivity contribution in [3.05, 3.63) is 0 Å². The third kappa shape index (κ3) is 3.66. The lowest BCUT2D eigenvalue weighted by molar-refractivity contribution is 0.161. The first-order chi connectivity index (χ1) is 6.59. The van der Waals surface area contributed by atoms with Gasteiger partial charge in [0.15, 0.2) is 0 Å². The van der Waals surface area contributed by atoms with Crippen molar-refractivity contribution in [3.63, 3.8) is 0 Å². The molecule has 0 bridgehead atoms. The molecular formula is C11H23N3. The van der Waals surface area contributed by atoms with Crippen molar-refractivity contribution < 1.29 is 0 Å². The molecule has 0 atom stereocenters. The first-order valence-electron chi connectivity index (χ1n) is 5.65. The molecule has 3 nitrogen and oxygen atoms in total. The molecule has 0 radical (unpaired) electrons. The number of hydrogen-bond acceptors (Lipinski definition) is 2. The zero-order valence-corrected chi connectivity index (χ0v) is 9.42. The molecule has 0 saturated carbocycles. The Morgan fingerprint density at radius 1 is 1.43 bits per heavy atom. The van der Waals surface area contributed by atoms with Crippen molar-refractivity contribution in [2.45, 2.75) is 33.1 Å². The third-order valence-corrected chi connectivity index (χ3v) is 3.27. The van der Waals surface area contributed by atoms with Crippen LogP contribution in [0.25, 0.3) is 0 Å². The first-order valence-corrected chi connectivity index (χ1v) is 5.65. The quantitative estimate of drug-likeness (QED) is 0.532. The van der Waals surface area contributed by atoms with Gasteiger partial charge in [0.1, 0.15) is 0 Å². The maximum Gasteiger partial charge on any atom is 0.0918 e. The summed E-state index contributed by atoms with van der Waals surface area (Å²) >= 11 is 0. The van der Waals surface area contributed by atoms with Crippen LogP contribution in [0, 0.1) is 17.2 Å². The molecule has 14 heavy (non-hydrogen) atoms. The number of hydrogen-bond donors (Lipinski definition) is 2. The lowest BCUT2D eigenvalue weighted by atomic mass is 9.87. The van der Waals surface area contributed by atoms with Crippen molar-refractivity contribution in [2.24, 2.45) is 17.6 Å². The molecule has 1 aliphatic heterocycles. The van der Waals surface area contributed by atoms with Crippen LogP contribution >= 0.6 is 0 Å². The Balaban J connectivity index is 2.19. The minimum atomic E-state index is 0.316. The second-order valence-corrected chi connectivity index (χ2v) is 4.70. The second kappa shape index (κ2) is 5.35. The molecule has 1 saturated heterocycles. The van der Waals surface area contributed by atoms with E-state index < -0.39 is 0 Å². The summed E-state index contributed by atoms with van der Waals surface area (Å²) in [5, 5.41) is 7.17. The molecule has 0 aliphatic carbocycles. The van der Waals surface area contributed by atoms with Crippen LogP contribution in [-0.4, -0.2) is 30.4 Å². The topological polar surface area (TPSA) is 53.1 Å². The summed E-state index contributed by atoms with van der Waals surface area (Å²) in [5.74, 6) is 2.05. The van der Waals surface area contributed by atoms with Crippen molar-refractivity contribution in [3.8, 4) is 0 Å². The first kappa shape index (κ1) is 11.5. The fraction of sp³-hybridized carbons (Fsp3) is 0.909. The summed E-state index contributed by atoms with van der Waals surface area (Å²) < 4.78 is 0. The zero-order chi connectivity index (χ0) is 10.6. The van der Waals surface area contributed by atoms with E-state index in [1.807, 2.05) is 0 Å². The second-order valence-electron chi connectivity index (χ2n) is 4.70. The maximum absolute atomic E-state index is 7.17. The van der Waals surface area contributed by atoms with Crippen molar-refractivity contribution in [2.75, 3.05) is 19.6 Å². The minimum absolute atomic E-state index is 0.316. The Bertz CT molecular complexity index is 181. The molecule has 1 aliphatic rings. The largest absolute Gasteiger partial charge is 0.388 e. The molecule has 0 aromatic heterocycles. The maximum atomic E-state index is 7.17. The van der Waals surface area contributed by atoms with Crippen LogP contribution in [0.3, 0.4) is 0 Å². The standard InChI is InChI=1S/C11H23N3/c1-9(2)10-3-6-14(7-4-10)8-5-11(12)13/h9-10H,3-8H2,1-2H3,(H3,12,13). The van der Waals surface area contributed by atoms with Gasteiger partial charge in [0.25, 0.3) is 0 Å². The van der Waals surface area contributed by atoms with Gasteiger partial charge in [-0.15, -0.1) is 0 Å². The van der Waals surface area contributed by atoms with E-state index in [0.29, 0.717) is 5.84 Å². The van der Waals surface area contributed by atoms with Crippen molar-refractivity contribution in [1.82, 2.24) is 4.90 Å². The SMILES string of the molecule is CC(C)C1CCN(CCC(=N)N)CC1. The van der Waals surface area contributed by atoms with E-state index in [1.54, 1.807) is 0 Å². The van der Waals surface area contributed by atoms with E-state index in [4.69, 9.17) is 11.1 Å². The van der Waals surface area contributed by atoms with E-state index in [0.717, 1.165) is 24.8 Å². The van der Waals surface area contributed by atoms with Gasteiger partial charge in [0.2, 0.25) is 0 Å². The molecule has 1 heterocycles. The van der Waals surface area contributed by atoms with Gasteiger partial charge in [0.05, 0.1) is 5.84 Å². The predicted octanol–water partition coefficient (Wildman–Crippen LogP) is 1.68. The van der Waals surface area contributed by atoms with E-state index in [2.05, 4.69) is 18.7 Å². The van der Waals surface area contributed by atoms with Gasteiger partial charge in [0, 0.05) is 13.0 Å². The third-order valence-electron chi connectivity index (χ3n) is 3.27. The Morgan fingerprint density at radius 2 is 2.00 bits per heavy atom. The number of likely N-dealkylation sites (tertiary alicyclic amines) is 1. The number of rotatable bonds is 4. The molecule has 0 amide bonds. The summed E-state index contributed by atoms with van der Waals surface area (Å²) in [5.41, 5.74) is 5.34. The van der Waals surface area contributed by atoms with Gasteiger partial charge >= 0.3 is 0 Å². The highest BCUT2D eigenvalue weighted by Gasteiger charge is 2.20. The molecule has 0 unspecified atom stereocenters. The lowest BCUT2D eigenvalue weighted by Crippen LogP contribution is -2.37. The summed E-state index contributed by atoms with van der Waals surface area (Å²) in [6, 6.07) is 0. The smallest absolute Gasteiger partial charge is 0.0918 e. The Labute approximate surface area is 87.2 Å². The van der Waals surface area contributed by atoms with E-state index in [-0.39, 0.29) is 0 Å². The molecule has 3 N–H and O–H groups in total. The highest BCUT2D eigenvalue weighted by atomic mass is 15.1. The minimum Gasteiger partial charge on any atom is -0.388 e. The van der Waals surface area contributed by atoms with Gasteiger partial charge in [-0.25, -0.2) is 0 Å². The average molecular weight is 197 g/mol. The van der Waals surface area contributed by atoms with E-state index in [1.165, 1.54) is 25.9 Å². The average Bonchev–Trinajstić information content (AvgIpc) is 2.15. The Hall–Kier alpha value is -0.570. The van der Waals surface area contributed by atoms with Crippen molar-refractivity contribution in [1.29, 1.82) is 5.41 Å². The number of nitrogens with one attached hydrogen (secondary N) is 1. The van der Waals surface area contributed by atoms with Gasteiger partial charge in [-0.05, 0) is 37.8 Å². The summed E-state index contributed by atoms with van der Waals surface area (Å²) in [4.78, 5) is 2.43. The molecule has 0 aromatic carbocycles. The van der Waals surface area contributed by atoms with Crippen LogP contribution in [0.5, 0.6) is 0 Å². The lowest BCUT2D eigenvalue weighted by Gasteiger charge is -2.33. The van der Waals surface area contributed by atoms with Crippen LogP contribution in [0.2, 0.25) is 0 Å². The fourth-order valence-corrected chi connectivity index (χ4v) is 2.12. The summed E-state index contributed by atoms with van der Waals surface area (Å²) in [6.07, 6.45) is 3.36. The van der Waals surface area contributed by atoms with E-state index in [9.17, 15) is 0 Å². The predicted molar refractivity (Wildman–Crippen MR) is 60.5 cm³/mol. The number of nitrogens with zero attached hydrogens (tertiary/aromatic N) is 1. The summed E-state index contributed by atoms with van der Waals surface area (Å²) in [7, 11) is 0.